The van der Waals surface area contributed by atoms with Gasteiger partial charge in [0.2, 0.25) is 10.2 Å². The van der Waals surface area contributed by atoms with Gasteiger partial charge in [0.15, 0.2) is 0 Å². The monoisotopic (exact) mass is 274 g/mol. The molecule has 1 N–H and O–H groups in total. The predicted molar refractivity (Wildman–Crippen MR) is 64.3 cm³/mol. The normalized spacial score (nSPS) is 16.6. The van der Waals surface area contributed by atoms with E-state index in [1.165, 1.54) is 0 Å². The van der Waals surface area contributed by atoms with Gasteiger partial charge < -0.3 is 0 Å². The SMILES string of the molecule is Cc1nc(S(=O)(=O)NC(=O)C2CCC2)sc1C. The van der Waals surface area contributed by atoms with Gasteiger partial charge in [-0.15, -0.1) is 11.3 Å². The fourth-order valence-electron chi connectivity index (χ4n) is 1.49. The molecule has 0 atom stereocenters. The molecule has 0 aromatic carbocycles. The van der Waals surface area contributed by atoms with E-state index in [0.29, 0.717) is 5.69 Å². The lowest BCUT2D eigenvalue weighted by Crippen LogP contribution is -2.38. The fourth-order valence-corrected chi connectivity index (χ4v) is 3.84. The van der Waals surface area contributed by atoms with E-state index in [-0.39, 0.29) is 10.3 Å². The third-order valence-electron chi connectivity index (χ3n) is 2.95. The number of hydrogen-bond donors (Lipinski definition) is 1. The van der Waals surface area contributed by atoms with Gasteiger partial charge in [-0.3, -0.25) is 4.79 Å². The summed E-state index contributed by atoms with van der Waals surface area (Å²) in [4.78, 5) is 16.4. The Balaban J connectivity index is 2.15. The first kappa shape index (κ1) is 12.5. The van der Waals surface area contributed by atoms with Crippen LogP contribution in [-0.2, 0) is 14.8 Å². The van der Waals surface area contributed by atoms with E-state index in [0.717, 1.165) is 35.5 Å². The third kappa shape index (κ3) is 2.50. The average Bonchev–Trinajstić information content (AvgIpc) is 2.43. The summed E-state index contributed by atoms with van der Waals surface area (Å²) in [6, 6.07) is 0. The van der Waals surface area contributed by atoms with Crippen LogP contribution in [0.2, 0.25) is 0 Å². The van der Waals surface area contributed by atoms with Gasteiger partial charge in [0.05, 0.1) is 5.69 Å². The highest BCUT2D eigenvalue weighted by Crippen LogP contribution is 2.27. The van der Waals surface area contributed by atoms with Crippen LogP contribution in [0.1, 0.15) is 29.8 Å². The lowest BCUT2D eigenvalue weighted by Gasteiger charge is -2.23. The lowest BCUT2D eigenvalue weighted by molar-refractivity contribution is -0.125. The Morgan fingerprint density at radius 2 is 2.06 bits per heavy atom. The van der Waals surface area contributed by atoms with Gasteiger partial charge in [-0.1, -0.05) is 6.42 Å². The van der Waals surface area contributed by atoms with E-state index in [9.17, 15) is 13.2 Å². The minimum atomic E-state index is -3.77. The third-order valence-corrected chi connectivity index (χ3v) is 5.75. The van der Waals surface area contributed by atoms with E-state index in [1.54, 1.807) is 13.8 Å². The van der Waals surface area contributed by atoms with E-state index in [1.807, 2.05) is 0 Å². The van der Waals surface area contributed by atoms with Crippen LogP contribution in [0, 0.1) is 19.8 Å². The molecule has 2 rings (SSSR count). The molecule has 0 unspecified atom stereocenters. The quantitative estimate of drug-likeness (QED) is 0.903. The molecule has 0 saturated heterocycles. The zero-order valence-corrected chi connectivity index (χ0v) is 11.3. The summed E-state index contributed by atoms with van der Waals surface area (Å²) in [6.07, 6.45) is 2.54. The van der Waals surface area contributed by atoms with Crippen molar-refractivity contribution in [1.29, 1.82) is 0 Å². The largest absolute Gasteiger partial charge is 0.291 e. The standard InChI is InChI=1S/C10H14N2O3S2/c1-6-7(2)16-10(11-6)17(14,15)12-9(13)8-4-3-5-8/h8H,3-5H2,1-2H3,(H,12,13). The Labute approximate surface area is 104 Å². The maximum absolute atomic E-state index is 11.9. The summed E-state index contributed by atoms with van der Waals surface area (Å²) in [5.74, 6) is -0.548. The molecule has 0 radical (unpaired) electrons. The summed E-state index contributed by atoms with van der Waals surface area (Å²) in [5.41, 5.74) is 0.687. The maximum atomic E-state index is 11.9. The van der Waals surface area contributed by atoms with Crippen molar-refractivity contribution in [1.82, 2.24) is 9.71 Å². The highest BCUT2D eigenvalue weighted by molar-refractivity contribution is 7.92. The molecule has 0 bridgehead atoms. The molecule has 5 nitrogen and oxygen atoms in total. The Hall–Kier alpha value is -0.950. The molecule has 1 amide bonds. The van der Waals surface area contributed by atoms with Gasteiger partial charge in [0.1, 0.15) is 0 Å². The highest BCUT2D eigenvalue weighted by Gasteiger charge is 2.30. The Kier molecular flexibility index (Phi) is 3.22. The maximum Gasteiger partial charge on any atom is 0.291 e. The molecule has 1 aromatic rings. The van der Waals surface area contributed by atoms with Gasteiger partial charge in [-0.05, 0) is 26.7 Å². The van der Waals surface area contributed by atoms with Crippen molar-refractivity contribution in [2.75, 3.05) is 0 Å². The topological polar surface area (TPSA) is 76.1 Å². The van der Waals surface area contributed by atoms with E-state index in [4.69, 9.17) is 0 Å². The second kappa shape index (κ2) is 4.38. The van der Waals surface area contributed by atoms with Crippen LogP contribution < -0.4 is 4.72 Å². The summed E-state index contributed by atoms with van der Waals surface area (Å²) >= 11 is 1.09. The van der Waals surface area contributed by atoms with E-state index >= 15 is 0 Å². The van der Waals surface area contributed by atoms with Crippen molar-refractivity contribution in [3.8, 4) is 0 Å². The molecule has 1 aliphatic carbocycles. The van der Waals surface area contributed by atoms with Crippen LogP contribution in [0.15, 0.2) is 4.34 Å². The predicted octanol–water partition coefficient (Wildman–Crippen LogP) is 1.36. The molecular weight excluding hydrogens is 260 g/mol. The van der Waals surface area contributed by atoms with E-state index < -0.39 is 15.9 Å². The number of nitrogens with one attached hydrogen (secondary N) is 1. The number of aryl methyl sites for hydroxylation is 2. The average molecular weight is 274 g/mol. The molecular formula is C10H14N2O3S2. The molecule has 1 aromatic heterocycles. The first-order chi connectivity index (χ1) is 7.90. The van der Waals surface area contributed by atoms with Crippen molar-refractivity contribution < 1.29 is 13.2 Å². The zero-order chi connectivity index (χ0) is 12.6. The number of nitrogens with zero attached hydrogens (tertiary/aromatic N) is 1. The Bertz CT molecular complexity index is 524. The smallest absolute Gasteiger partial charge is 0.274 e. The number of amides is 1. The van der Waals surface area contributed by atoms with Gasteiger partial charge >= 0.3 is 0 Å². The summed E-state index contributed by atoms with van der Waals surface area (Å²) in [7, 11) is -3.77. The first-order valence-electron chi connectivity index (χ1n) is 5.41. The molecule has 1 saturated carbocycles. The first-order valence-corrected chi connectivity index (χ1v) is 7.71. The van der Waals surface area contributed by atoms with Gasteiger partial charge in [0.25, 0.3) is 10.0 Å². The Morgan fingerprint density at radius 1 is 1.41 bits per heavy atom. The highest BCUT2D eigenvalue weighted by atomic mass is 32.2. The minimum absolute atomic E-state index is 0.0276. The molecule has 0 aliphatic heterocycles. The number of sulfonamides is 1. The fraction of sp³-hybridized carbons (Fsp3) is 0.600. The number of rotatable bonds is 3. The molecule has 1 fully saturated rings. The minimum Gasteiger partial charge on any atom is -0.274 e. The Morgan fingerprint density at radius 3 is 2.47 bits per heavy atom. The summed E-state index contributed by atoms with van der Waals surface area (Å²) < 4.78 is 25.8. The molecule has 1 aliphatic rings. The number of carbonyl (C=O) groups is 1. The second-order valence-corrected chi connectivity index (χ2v) is 7.28. The summed E-state index contributed by atoms with van der Waals surface area (Å²) in [5, 5.41) is 0. The van der Waals surface area contributed by atoms with Crippen molar-refractivity contribution in [2.45, 2.75) is 37.4 Å². The summed E-state index contributed by atoms with van der Waals surface area (Å²) in [6.45, 7) is 3.55. The van der Waals surface area contributed by atoms with E-state index in [2.05, 4.69) is 9.71 Å². The molecule has 7 heteroatoms. The zero-order valence-electron chi connectivity index (χ0n) is 9.69. The van der Waals surface area contributed by atoms with Gasteiger partial charge in [0, 0.05) is 10.8 Å². The molecule has 1 heterocycles. The molecule has 17 heavy (non-hydrogen) atoms. The van der Waals surface area contributed by atoms with Crippen LogP contribution in [0.5, 0.6) is 0 Å². The van der Waals surface area contributed by atoms with Gasteiger partial charge in [-0.2, -0.15) is 8.42 Å². The van der Waals surface area contributed by atoms with Crippen LogP contribution in [0.3, 0.4) is 0 Å². The lowest BCUT2D eigenvalue weighted by atomic mass is 9.85. The number of hydrogen-bond acceptors (Lipinski definition) is 5. The van der Waals surface area contributed by atoms with Crippen molar-refractivity contribution in [3.05, 3.63) is 10.6 Å². The van der Waals surface area contributed by atoms with Crippen molar-refractivity contribution in [2.24, 2.45) is 5.92 Å². The number of carbonyl (C=O) groups excluding carboxylic acids is 1. The van der Waals surface area contributed by atoms with Crippen LogP contribution in [0.4, 0.5) is 0 Å². The number of aromatic nitrogens is 1. The van der Waals surface area contributed by atoms with Crippen LogP contribution in [0.25, 0.3) is 0 Å². The molecule has 94 valence electrons. The van der Waals surface area contributed by atoms with Crippen LogP contribution >= 0.6 is 11.3 Å². The number of thiazole rings is 1. The van der Waals surface area contributed by atoms with Gasteiger partial charge in [-0.25, -0.2) is 9.71 Å². The van der Waals surface area contributed by atoms with Crippen molar-refractivity contribution in [3.63, 3.8) is 0 Å². The van der Waals surface area contributed by atoms with Crippen LogP contribution in [-0.4, -0.2) is 19.3 Å². The second-order valence-electron chi connectivity index (χ2n) is 4.22. The van der Waals surface area contributed by atoms with Crippen molar-refractivity contribution >= 4 is 27.3 Å². The molecule has 0 spiro atoms.